The van der Waals surface area contributed by atoms with Gasteiger partial charge in [0.15, 0.2) is 0 Å². The van der Waals surface area contributed by atoms with Gasteiger partial charge >= 0.3 is 0 Å². The van der Waals surface area contributed by atoms with Crippen molar-refractivity contribution in [1.82, 2.24) is 19.9 Å². The van der Waals surface area contributed by atoms with Crippen molar-refractivity contribution in [2.45, 2.75) is 44.9 Å². The van der Waals surface area contributed by atoms with Crippen LogP contribution in [-0.4, -0.2) is 52.9 Å². The van der Waals surface area contributed by atoms with Gasteiger partial charge in [-0.15, -0.1) is 11.3 Å². The highest BCUT2D eigenvalue weighted by molar-refractivity contribution is 7.13. The predicted octanol–water partition coefficient (Wildman–Crippen LogP) is 2.74. The SMILES string of the molecule is Cc1nc(C)c(C(=O)N2CCCC3(CCc4cnc(N(C)C)nc43)C2)s1. The molecule has 1 fully saturated rings. The Morgan fingerprint density at radius 1 is 1.27 bits per heavy atom. The second kappa shape index (κ2) is 6.30. The number of likely N-dealkylation sites (tertiary alicyclic amines) is 1. The van der Waals surface area contributed by atoms with E-state index in [2.05, 4.69) is 9.97 Å². The third kappa shape index (κ3) is 2.78. The zero-order valence-electron chi connectivity index (χ0n) is 15.9. The van der Waals surface area contributed by atoms with E-state index >= 15 is 0 Å². The quantitative estimate of drug-likeness (QED) is 0.812. The minimum atomic E-state index is -0.0232. The fraction of sp³-hybridized carbons (Fsp3) is 0.579. The van der Waals surface area contributed by atoms with E-state index in [1.807, 2.05) is 43.9 Å². The summed E-state index contributed by atoms with van der Waals surface area (Å²) in [4.78, 5) is 31.7. The lowest BCUT2D eigenvalue weighted by molar-refractivity contribution is 0.0637. The van der Waals surface area contributed by atoms with Crippen LogP contribution in [0.15, 0.2) is 6.20 Å². The summed E-state index contributed by atoms with van der Waals surface area (Å²) in [5.41, 5.74) is 3.23. The molecule has 0 N–H and O–H groups in total. The summed E-state index contributed by atoms with van der Waals surface area (Å²) in [6, 6.07) is 0. The highest BCUT2D eigenvalue weighted by atomic mass is 32.1. The van der Waals surface area contributed by atoms with Gasteiger partial charge in [-0.1, -0.05) is 0 Å². The maximum absolute atomic E-state index is 13.1. The molecule has 6 nitrogen and oxygen atoms in total. The number of aryl methyl sites for hydroxylation is 3. The summed E-state index contributed by atoms with van der Waals surface area (Å²) in [5, 5.41) is 0.951. The van der Waals surface area contributed by atoms with E-state index in [9.17, 15) is 4.79 Å². The number of nitrogens with zero attached hydrogens (tertiary/aromatic N) is 5. The molecule has 0 saturated carbocycles. The number of anilines is 1. The Hall–Kier alpha value is -2.02. The lowest BCUT2D eigenvalue weighted by Crippen LogP contribution is -2.48. The van der Waals surface area contributed by atoms with Crippen molar-refractivity contribution in [3.8, 4) is 0 Å². The van der Waals surface area contributed by atoms with Crippen molar-refractivity contribution in [3.63, 3.8) is 0 Å². The molecule has 0 radical (unpaired) electrons. The Labute approximate surface area is 158 Å². The van der Waals surface area contributed by atoms with Gasteiger partial charge in [0.2, 0.25) is 5.95 Å². The van der Waals surface area contributed by atoms with Crippen LogP contribution in [0.4, 0.5) is 5.95 Å². The van der Waals surface area contributed by atoms with E-state index in [0.29, 0.717) is 0 Å². The molecule has 1 amide bonds. The van der Waals surface area contributed by atoms with Crippen LogP contribution in [0.3, 0.4) is 0 Å². The standard InChI is InChI=1S/C19H25N5OS/c1-12-15(26-13(2)21-12)17(25)24-9-5-7-19(11-24)8-6-14-10-20-18(23(3)4)22-16(14)19/h10H,5-9,11H2,1-4H3. The molecule has 1 spiro atoms. The summed E-state index contributed by atoms with van der Waals surface area (Å²) in [6.45, 7) is 5.45. The van der Waals surface area contributed by atoms with Crippen molar-refractivity contribution in [3.05, 3.63) is 33.0 Å². The predicted molar refractivity (Wildman–Crippen MR) is 103 cm³/mol. The fourth-order valence-corrected chi connectivity index (χ4v) is 5.21. The molecule has 7 heteroatoms. The summed E-state index contributed by atoms with van der Waals surface area (Å²) >= 11 is 1.50. The fourth-order valence-electron chi connectivity index (χ4n) is 4.32. The number of hydrogen-bond acceptors (Lipinski definition) is 6. The molecular formula is C19H25N5OS. The van der Waals surface area contributed by atoms with E-state index in [4.69, 9.17) is 4.98 Å². The van der Waals surface area contributed by atoms with Crippen LogP contribution in [0.1, 0.15) is 50.9 Å². The van der Waals surface area contributed by atoms with E-state index in [-0.39, 0.29) is 11.3 Å². The van der Waals surface area contributed by atoms with Crippen molar-refractivity contribution in [1.29, 1.82) is 0 Å². The smallest absolute Gasteiger partial charge is 0.265 e. The van der Waals surface area contributed by atoms with Gasteiger partial charge in [-0.3, -0.25) is 4.79 Å². The molecular weight excluding hydrogens is 346 g/mol. The maximum atomic E-state index is 13.1. The molecule has 0 bridgehead atoms. The number of amides is 1. The minimum Gasteiger partial charge on any atom is -0.347 e. The Morgan fingerprint density at radius 2 is 2.08 bits per heavy atom. The first-order chi connectivity index (χ1) is 12.4. The summed E-state index contributed by atoms with van der Waals surface area (Å²) in [6.07, 6.45) is 6.14. The summed E-state index contributed by atoms with van der Waals surface area (Å²) < 4.78 is 0. The van der Waals surface area contributed by atoms with Crippen molar-refractivity contribution < 1.29 is 4.79 Å². The molecule has 1 aliphatic carbocycles. The van der Waals surface area contributed by atoms with Crippen LogP contribution in [0.2, 0.25) is 0 Å². The van der Waals surface area contributed by atoms with Crippen molar-refractivity contribution in [2.24, 2.45) is 0 Å². The zero-order valence-corrected chi connectivity index (χ0v) is 16.7. The second-order valence-electron chi connectivity index (χ2n) is 7.70. The highest BCUT2D eigenvalue weighted by Gasteiger charge is 2.45. The largest absolute Gasteiger partial charge is 0.347 e. The third-order valence-corrected chi connectivity index (χ3v) is 6.65. The van der Waals surface area contributed by atoms with Crippen LogP contribution >= 0.6 is 11.3 Å². The number of fused-ring (bicyclic) bond motifs is 2. The van der Waals surface area contributed by atoms with E-state index < -0.39 is 0 Å². The molecule has 26 heavy (non-hydrogen) atoms. The lowest BCUT2D eigenvalue weighted by Gasteiger charge is -2.40. The molecule has 2 aliphatic rings. The number of hydrogen-bond donors (Lipinski definition) is 0. The van der Waals surface area contributed by atoms with Crippen LogP contribution in [0.25, 0.3) is 0 Å². The number of carbonyl (C=O) groups excluding carboxylic acids is 1. The maximum Gasteiger partial charge on any atom is 0.265 e. The van der Waals surface area contributed by atoms with Crippen molar-refractivity contribution >= 4 is 23.2 Å². The third-order valence-electron chi connectivity index (χ3n) is 5.59. The van der Waals surface area contributed by atoms with Crippen LogP contribution < -0.4 is 4.90 Å². The van der Waals surface area contributed by atoms with Gasteiger partial charge in [0.25, 0.3) is 5.91 Å². The number of carbonyl (C=O) groups is 1. The van der Waals surface area contributed by atoms with E-state index in [1.165, 1.54) is 16.9 Å². The van der Waals surface area contributed by atoms with Gasteiger partial charge in [-0.25, -0.2) is 15.0 Å². The Morgan fingerprint density at radius 3 is 2.77 bits per heavy atom. The van der Waals surface area contributed by atoms with Gasteiger partial charge < -0.3 is 9.80 Å². The molecule has 3 heterocycles. The number of rotatable bonds is 2. The van der Waals surface area contributed by atoms with Gasteiger partial charge in [-0.2, -0.15) is 0 Å². The second-order valence-corrected chi connectivity index (χ2v) is 8.90. The lowest BCUT2D eigenvalue weighted by atomic mass is 9.77. The van der Waals surface area contributed by atoms with E-state index in [0.717, 1.165) is 66.0 Å². The topological polar surface area (TPSA) is 62.2 Å². The molecule has 2 aromatic heterocycles. The monoisotopic (exact) mass is 371 g/mol. The highest BCUT2D eigenvalue weighted by Crippen LogP contribution is 2.44. The first kappa shape index (κ1) is 17.4. The summed E-state index contributed by atoms with van der Waals surface area (Å²) in [7, 11) is 3.93. The molecule has 1 saturated heterocycles. The van der Waals surface area contributed by atoms with Gasteiger partial charge in [0.1, 0.15) is 4.88 Å². The molecule has 1 unspecified atom stereocenters. The average Bonchev–Trinajstić information content (AvgIpc) is 3.14. The number of piperidine rings is 1. The van der Waals surface area contributed by atoms with Crippen molar-refractivity contribution in [2.75, 3.05) is 32.1 Å². The first-order valence-corrected chi connectivity index (χ1v) is 9.98. The summed E-state index contributed by atoms with van der Waals surface area (Å²) in [5.74, 6) is 0.880. The molecule has 138 valence electrons. The average molecular weight is 372 g/mol. The van der Waals surface area contributed by atoms with Gasteiger partial charge in [0.05, 0.1) is 16.4 Å². The Bertz CT molecular complexity index is 858. The van der Waals surface area contributed by atoms with Crippen LogP contribution in [-0.2, 0) is 11.8 Å². The van der Waals surface area contributed by atoms with Gasteiger partial charge in [-0.05, 0) is 45.1 Å². The number of aromatic nitrogens is 3. The van der Waals surface area contributed by atoms with Gasteiger partial charge in [0, 0.05) is 38.8 Å². The number of thiazole rings is 1. The molecule has 4 rings (SSSR count). The Kier molecular flexibility index (Phi) is 4.22. The normalized spacial score (nSPS) is 21.9. The Balaban J connectivity index is 1.65. The van der Waals surface area contributed by atoms with Crippen LogP contribution in [0.5, 0.6) is 0 Å². The zero-order chi connectivity index (χ0) is 18.5. The molecule has 2 aromatic rings. The molecule has 1 atom stereocenters. The van der Waals surface area contributed by atoms with Crippen LogP contribution in [0, 0.1) is 13.8 Å². The first-order valence-electron chi connectivity index (χ1n) is 9.17. The molecule has 0 aromatic carbocycles. The minimum absolute atomic E-state index is 0.0232. The molecule has 1 aliphatic heterocycles. The van der Waals surface area contributed by atoms with E-state index in [1.54, 1.807) is 0 Å².